The van der Waals surface area contributed by atoms with Crippen molar-refractivity contribution >= 4 is 11.9 Å². The van der Waals surface area contributed by atoms with Crippen molar-refractivity contribution in [1.29, 1.82) is 0 Å². The Morgan fingerprint density at radius 1 is 1.45 bits per heavy atom. The molecule has 0 radical (unpaired) electrons. The van der Waals surface area contributed by atoms with Crippen LogP contribution >= 0.6 is 0 Å². The second kappa shape index (κ2) is 6.41. The molecule has 0 aromatic heterocycles. The van der Waals surface area contributed by atoms with Gasteiger partial charge in [0.05, 0.1) is 6.61 Å². The summed E-state index contributed by atoms with van der Waals surface area (Å²) in [4.78, 5) is 25.0. The van der Waals surface area contributed by atoms with Crippen LogP contribution in [0, 0.1) is 0 Å². The summed E-state index contributed by atoms with van der Waals surface area (Å²) in [5.74, 6) is -0.533. The zero-order valence-corrected chi connectivity index (χ0v) is 11.5. The summed E-state index contributed by atoms with van der Waals surface area (Å²) >= 11 is 0. The fourth-order valence-electron chi connectivity index (χ4n) is 2.37. The Morgan fingerprint density at radius 3 is 2.95 bits per heavy atom. The van der Waals surface area contributed by atoms with Gasteiger partial charge in [0.1, 0.15) is 11.8 Å². The third-order valence-electron chi connectivity index (χ3n) is 3.35. The van der Waals surface area contributed by atoms with Crippen LogP contribution in [0.25, 0.3) is 0 Å². The zero-order chi connectivity index (χ0) is 14.5. The largest absolute Gasteiger partial charge is 0.494 e. The topological polar surface area (TPSA) is 66.8 Å². The molecule has 1 amide bonds. The first kappa shape index (κ1) is 14.4. The van der Waals surface area contributed by atoms with Gasteiger partial charge in [0.15, 0.2) is 0 Å². The molecule has 2 rings (SSSR count). The maximum absolute atomic E-state index is 12.4. The molecule has 0 saturated carbocycles. The monoisotopic (exact) mass is 277 g/mol. The van der Waals surface area contributed by atoms with Crippen LogP contribution in [0.4, 0.5) is 0 Å². The SMILES string of the molecule is CCCOc1cccc(C(=O)N2CCC[C@@H]2C(=O)O)c1. The molecule has 1 saturated heterocycles. The number of amides is 1. The van der Waals surface area contributed by atoms with E-state index in [4.69, 9.17) is 9.84 Å². The van der Waals surface area contributed by atoms with Crippen LogP contribution in [0.15, 0.2) is 24.3 Å². The lowest BCUT2D eigenvalue weighted by atomic mass is 10.1. The molecular weight excluding hydrogens is 258 g/mol. The van der Waals surface area contributed by atoms with Gasteiger partial charge in [-0.3, -0.25) is 4.79 Å². The van der Waals surface area contributed by atoms with Crippen LogP contribution < -0.4 is 4.74 Å². The summed E-state index contributed by atoms with van der Waals surface area (Å²) in [5, 5.41) is 9.13. The lowest BCUT2D eigenvalue weighted by Gasteiger charge is -2.21. The summed E-state index contributed by atoms with van der Waals surface area (Å²) in [6.45, 7) is 3.10. The molecule has 0 bridgehead atoms. The Bertz CT molecular complexity index is 500. The Morgan fingerprint density at radius 2 is 2.25 bits per heavy atom. The first-order valence-corrected chi connectivity index (χ1v) is 6.90. The van der Waals surface area contributed by atoms with Gasteiger partial charge in [-0.1, -0.05) is 13.0 Å². The van der Waals surface area contributed by atoms with E-state index in [1.165, 1.54) is 4.90 Å². The molecule has 5 heteroatoms. The molecular formula is C15H19NO4. The number of carboxylic acids is 1. The standard InChI is InChI=1S/C15H19NO4/c1-2-9-20-12-6-3-5-11(10-12)14(17)16-8-4-7-13(16)15(18)19/h3,5-6,10,13H,2,4,7-9H2,1H3,(H,18,19)/t13-/m1/s1. The van der Waals surface area contributed by atoms with Crippen LogP contribution in [0.1, 0.15) is 36.5 Å². The van der Waals surface area contributed by atoms with E-state index in [0.717, 1.165) is 12.8 Å². The van der Waals surface area contributed by atoms with Crippen molar-refractivity contribution in [3.63, 3.8) is 0 Å². The third-order valence-corrected chi connectivity index (χ3v) is 3.35. The summed E-state index contributed by atoms with van der Waals surface area (Å²) in [6.07, 6.45) is 2.15. The number of hydrogen-bond donors (Lipinski definition) is 1. The van der Waals surface area contributed by atoms with E-state index in [2.05, 4.69) is 0 Å². The molecule has 1 aromatic rings. The zero-order valence-electron chi connectivity index (χ0n) is 11.5. The van der Waals surface area contributed by atoms with Gasteiger partial charge in [0, 0.05) is 12.1 Å². The molecule has 1 N–H and O–H groups in total. The van der Waals surface area contributed by atoms with E-state index in [9.17, 15) is 9.59 Å². The molecule has 20 heavy (non-hydrogen) atoms. The van der Waals surface area contributed by atoms with Gasteiger partial charge in [0.25, 0.3) is 5.91 Å². The number of carboxylic acid groups (broad SMARTS) is 1. The fourth-order valence-corrected chi connectivity index (χ4v) is 2.37. The number of carbonyl (C=O) groups excluding carboxylic acids is 1. The number of ether oxygens (including phenoxy) is 1. The highest BCUT2D eigenvalue weighted by molar-refractivity contribution is 5.97. The molecule has 0 aliphatic carbocycles. The van der Waals surface area contributed by atoms with E-state index in [0.29, 0.717) is 30.9 Å². The number of rotatable bonds is 5. The molecule has 1 aromatic carbocycles. The number of aliphatic carboxylic acids is 1. The highest BCUT2D eigenvalue weighted by Crippen LogP contribution is 2.22. The Kier molecular flexibility index (Phi) is 4.61. The number of likely N-dealkylation sites (tertiary alicyclic amines) is 1. The molecule has 1 atom stereocenters. The van der Waals surface area contributed by atoms with E-state index in [1.54, 1.807) is 24.3 Å². The van der Waals surface area contributed by atoms with Gasteiger partial charge in [-0.15, -0.1) is 0 Å². The molecule has 1 fully saturated rings. The Balaban J connectivity index is 2.14. The van der Waals surface area contributed by atoms with Crippen molar-refractivity contribution in [3.05, 3.63) is 29.8 Å². The lowest BCUT2D eigenvalue weighted by molar-refractivity contribution is -0.141. The van der Waals surface area contributed by atoms with Gasteiger partial charge in [0.2, 0.25) is 0 Å². The van der Waals surface area contributed by atoms with Crippen molar-refractivity contribution in [3.8, 4) is 5.75 Å². The maximum Gasteiger partial charge on any atom is 0.326 e. The van der Waals surface area contributed by atoms with Crippen molar-refractivity contribution in [2.24, 2.45) is 0 Å². The normalized spacial score (nSPS) is 18.1. The van der Waals surface area contributed by atoms with E-state index in [-0.39, 0.29) is 5.91 Å². The molecule has 1 heterocycles. The smallest absolute Gasteiger partial charge is 0.326 e. The predicted octanol–water partition coefficient (Wildman–Crippen LogP) is 2.16. The highest BCUT2D eigenvalue weighted by atomic mass is 16.5. The van der Waals surface area contributed by atoms with Crippen LogP contribution in [-0.4, -0.2) is 41.1 Å². The average molecular weight is 277 g/mol. The van der Waals surface area contributed by atoms with Crippen molar-refractivity contribution in [2.45, 2.75) is 32.2 Å². The van der Waals surface area contributed by atoms with Gasteiger partial charge < -0.3 is 14.7 Å². The van der Waals surface area contributed by atoms with Crippen LogP contribution in [0.5, 0.6) is 5.75 Å². The minimum absolute atomic E-state index is 0.239. The second-order valence-corrected chi connectivity index (χ2v) is 4.87. The van der Waals surface area contributed by atoms with Gasteiger partial charge in [-0.25, -0.2) is 4.79 Å². The minimum atomic E-state index is -0.936. The van der Waals surface area contributed by atoms with Gasteiger partial charge >= 0.3 is 5.97 Å². The first-order valence-electron chi connectivity index (χ1n) is 6.90. The molecule has 108 valence electrons. The van der Waals surface area contributed by atoms with Crippen LogP contribution in [-0.2, 0) is 4.79 Å². The Hall–Kier alpha value is -2.04. The molecule has 1 aliphatic heterocycles. The van der Waals surface area contributed by atoms with Gasteiger partial charge in [-0.05, 0) is 37.5 Å². The minimum Gasteiger partial charge on any atom is -0.494 e. The number of benzene rings is 1. The summed E-state index contributed by atoms with van der Waals surface area (Å²) in [5.41, 5.74) is 0.478. The quantitative estimate of drug-likeness (QED) is 0.895. The van der Waals surface area contributed by atoms with Gasteiger partial charge in [-0.2, -0.15) is 0 Å². The molecule has 5 nitrogen and oxygen atoms in total. The Labute approximate surface area is 118 Å². The van der Waals surface area contributed by atoms with Crippen LogP contribution in [0.3, 0.4) is 0 Å². The van der Waals surface area contributed by atoms with E-state index in [1.807, 2.05) is 6.92 Å². The molecule has 0 unspecified atom stereocenters. The van der Waals surface area contributed by atoms with Crippen molar-refractivity contribution in [2.75, 3.05) is 13.2 Å². The number of carbonyl (C=O) groups is 2. The maximum atomic E-state index is 12.4. The predicted molar refractivity (Wildman–Crippen MR) is 73.9 cm³/mol. The summed E-state index contributed by atoms with van der Waals surface area (Å²) < 4.78 is 5.50. The molecule has 1 aliphatic rings. The van der Waals surface area contributed by atoms with Crippen molar-refractivity contribution in [1.82, 2.24) is 4.90 Å². The first-order chi connectivity index (χ1) is 9.63. The second-order valence-electron chi connectivity index (χ2n) is 4.87. The summed E-state index contributed by atoms with van der Waals surface area (Å²) in [7, 11) is 0. The summed E-state index contributed by atoms with van der Waals surface area (Å²) in [6, 6.07) is 6.21. The van der Waals surface area contributed by atoms with Crippen LogP contribution in [0.2, 0.25) is 0 Å². The van der Waals surface area contributed by atoms with E-state index < -0.39 is 12.0 Å². The molecule has 0 spiro atoms. The highest BCUT2D eigenvalue weighted by Gasteiger charge is 2.34. The number of nitrogens with zero attached hydrogens (tertiary/aromatic N) is 1. The average Bonchev–Trinajstić information content (AvgIpc) is 2.94. The van der Waals surface area contributed by atoms with Crippen molar-refractivity contribution < 1.29 is 19.4 Å². The fraction of sp³-hybridized carbons (Fsp3) is 0.467. The third kappa shape index (κ3) is 3.10. The lowest BCUT2D eigenvalue weighted by Crippen LogP contribution is -2.40. The number of hydrogen-bond acceptors (Lipinski definition) is 3. The van der Waals surface area contributed by atoms with E-state index >= 15 is 0 Å².